The molecule has 0 heterocycles. The van der Waals surface area contributed by atoms with Gasteiger partial charge in [-0.05, 0) is 29.7 Å². The lowest BCUT2D eigenvalue weighted by atomic mass is 10.1. The van der Waals surface area contributed by atoms with E-state index in [0.717, 1.165) is 5.56 Å². The summed E-state index contributed by atoms with van der Waals surface area (Å²) in [6, 6.07) is 8.73. The van der Waals surface area contributed by atoms with E-state index in [0.29, 0.717) is 5.56 Å². The zero-order valence-corrected chi connectivity index (χ0v) is 11.1. The van der Waals surface area contributed by atoms with Gasteiger partial charge in [-0.2, -0.15) is 5.26 Å². The van der Waals surface area contributed by atoms with Crippen LogP contribution in [0.25, 0.3) is 6.08 Å². The molecule has 1 amide bonds. The number of hydrogen-bond donors (Lipinski definition) is 2. The second kappa shape index (κ2) is 7.34. The molecule has 1 rings (SSSR count). The largest absolute Gasteiger partial charge is 0.394 e. The van der Waals surface area contributed by atoms with Crippen molar-refractivity contribution in [2.24, 2.45) is 5.92 Å². The molecule has 4 heteroatoms. The Labute approximate surface area is 113 Å². The zero-order valence-electron chi connectivity index (χ0n) is 11.1. The number of aliphatic hydroxyl groups is 1. The van der Waals surface area contributed by atoms with Gasteiger partial charge in [0.15, 0.2) is 0 Å². The molecule has 0 aliphatic carbocycles. The van der Waals surface area contributed by atoms with Crippen LogP contribution < -0.4 is 5.32 Å². The lowest BCUT2D eigenvalue weighted by Crippen LogP contribution is -2.40. The third-order valence-electron chi connectivity index (χ3n) is 2.80. The number of nitrogens with one attached hydrogen (secondary N) is 1. The number of carbonyl (C=O) groups is 1. The van der Waals surface area contributed by atoms with Crippen LogP contribution in [0.4, 0.5) is 0 Å². The van der Waals surface area contributed by atoms with Crippen molar-refractivity contribution in [2.45, 2.75) is 19.9 Å². The quantitative estimate of drug-likeness (QED) is 0.789. The Morgan fingerprint density at radius 2 is 2.05 bits per heavy atom. The van der Waals surface area contributed by atoms with Crippen LogP contribution in [0.1, 0.15) is 25.0 Å². The number of aliphatic hydroxyl groups excluding tert-OH is 1. The van der Waals surface area contributed by atoms with E-state index in [-0.39, 0.29) is 24.5 Å². The third kappa shape index (κ3) is 4.94. The van der Waals surface area contributed by atoms with E-state index in [9.17, 15) is 4.79 Å². The number of nitrogens with zero attached hydrogens (tertiary/aromatic N) is 1. The molecule has 1 aromatic carbocycles. The fourth-order valence-electron chi connectivity index (χ4n) is 1.49. The number of nitriles is 1. The van der Waals surface area contributed by atoms with Crippen LogP contribution in [0.15, 0.2) is 30.3 Å². The smallest absolute Gasteiger partial charge is 0.244 e. The molecule has 4 nitrogen and oxygen atoms in total. The molecule has 0 bridgehead atoms. The molecule has 19 heavy (non-hydrogen) atoms. The standard InChI is InChI=1S/C15H18N2O2/c1-11(2)14(10-18)17-15(19)8-7-12-3-5-13(9-16)6-4-12/h3-8,11,14,18H,10H2,1-2H3,(H,17,19)/t14-/m1/s1. The van der Waals surface area contributed by atoms with Gasteiger partial charge in [-0.15, -0.1) is 0 Å². The summed E-state index contributed by atoms with van der Waals surface area (Å²) in [6.07, 6.45) is 3.09. The molecule has 0 saturated carbocycles. The van der Waals surface area contributed by atoms with Gasteiger partial charge in [0.1, 0.15) is 0 Å². The van der Waals surface area contributed by atoms with E-state index in [2.05, 4.69) is 5.32 Å². The summed E-state index contributed by atoms with van der Waals surface area (Å²) in [5.74, 6) is -0.0608. The van der Waals surface area contributed by atoms with Crippen molar-refractivity contribution in [3.63, 3.8) is 0 Å². The van der Waals surface area contributed by atoms with Crippen molar-refractivity contribution in [1.29, 1.82) is 5.26 Å². The first kappa shape index (κ1) is 14.9. The molecule has 1 aromatic rings. The summed E-state index contributed by atoms with van der Waals surface area (Å²) in [6.45, 7) is 3.80. The minimum atomic E-state index is -0.239. The van der Waals surface area contributed by atoms with E-state index < -0.39 is 0 Å². The molecule has 0 unspecified atom stereocenters. The average molecular weight is 258 g/mol. The first-order chi connectivity index (χ1) is 9.06. The molecule has 0 aromatic heterocycles. The van der Waals surface area contributed by atoms with E-state index in [4.69, 9.17) is 10.4 Å². The highest BCUT2D eigenvalue weighted by Crippen LogP contribution is 2.05. The Hall–Kier alpha value is -2.12. The van der Waals surface area contributed by atoms with Gasteiger partial charge < -0.3 is 10.4 Å². The lowest BCUT2D eigenvalue weighted by Gasteiger charge is -2.18. The van der Waals surface area contributed by atoms with Crippen LogP contribution in [0.2, 0.25) is 0 Å². The molecule has 0 aliphatic rings. The van der Waals surface area contributed by atoms with Gasteiger partial charge in [-0.1, -0.05) is 26.0 Å². The fourth-order valence-corrected chi connectivity index (χ4v) is 1.49. The second-order valence-electron chi connectivity index (χ2n) is 4.61. The summed E-state index contributed by atoms with van der Waals surface area (Å²) in [5, 5.41) is 20.5. The summed E-state index contributed by atoms with van der Waals surface area (Å²) in [4.78, 5) is 11.7. The topological polar surface area (TPSA) is 73.1 Å². The van der Waals surface area contributed by atoms with E-state index in [1.807, 2.05) is 19.9 Å². The predicted octanol–water partition coefficient (Wildman–Crippen LogP) is 1.70. The summed E-state index contributed by atoms with van der Waals surface area (Å²) >= 11 is 0. The average Bonchev–Trinajstić information content (AvgIpc) is 2.42. The molecule has 1 atom stereocenters. The highest BCUT2D eigenvalue weighted by molar-refractivity contribution is 5.91. The number of benzene rings is 1. The maximum atomic E-state index is 11.7. The fraction of sp³-hybridized carbons (Fsp3) is 0.333. The van der Waals surface area contributed by atoms with E-state index in [1.54, 1.807) is 30.3 Å². The molecular weight excluding hydrogens is 240 g/mol. The maximum absolute atomic E-state index is 11.7. The predicted molar refractivity (Wildman–Crippen MR) is 74.0 cm³/mol. The van der Waals surface area contributed by atoms with Gasteiger partial charge in [0.25, 0.3) is 0 Å². The third-order valence-corrected chi connectivity index (χ3v) is 2.80. The van der Waals surface area contributed by atoms with Crippen LogP contribution >= 0.6 is 0 Å². The normalized spacial score (nSPS) is 12.4. The Kier molecular flexibility index (Phi) is 5.77. The number of rotatable bonds is 5. The molecule has 0 aliphatic heterocycles. The molecule has 2 N–H and O–H groups in total. The van der Waals surface area contributed by atoms with Crippen molar-refractivity contribution >= 4 is 12.0 Å². The molecule has 0 saturated heterocycles. The highest BCUT2D eigenvalue weighted by Gasteiger charge is 2.13. The van der Waals surface area contributed by atoms with E-state index >= 15 is 0 Å². The Morgan fingerprint density at radius 3 is 2.53 bits per heavy atom. The van der Waals surface area contributed by atoms with Crippen LogP contribution in [0.3, 0.4) is 0 Å². The van der Waals surface area contributed by atoms with Crippen molar-refractivity contribution in [1.82, 2.24) is 5.32 Å². The van der Waals surface area contributed by atoms with E-state index in [1.165, 1.54) is 6.08 Å². The van der Waals surface area contributed by atoms with Gasteiger partial charge in [0.2, 0.25) is 5.91 Å². The van der Waals surface area contributed by atoms with Crippen molar-refractivity contribution < 1.29 is 9.90 Å². The first-order valence-electron chi connectivity index (χ1n) is 6.16. The van der Waals surface area contributed by atoms with Crippen molar-refractivity contribution in [3.8, 4) is 6.07 Å². The summed E-state index contributed by atoms with van der Waals surface area (Å²) < 4.78 is 0. The zero-order chi connectivity index (χ0) is 14.3. The van der Waals surface area contributed by atoms with Gasteiger partial charge in [-0.25, -0.2) is 0 Å². The number of hydrogen-bond acceptors (Lipinski definition) is 3. The second-order valence-corrected chi connectivity index (χ2v) is 4.61. The van der Waals surface area contributed by atoms with Crippen LogP contribution in [0, 0.1) is 17.2 Å². The van der Waals surface area contributed by atoms with Crippen molar-refractivity contribution in [2.75, 3.05) is 6.61 Å². The Morgan fingerprint density at radius 1 is 1.42 bits per heavy atom. The molecule has 0 radical (unpaired) electrons. The molecule has 0 spiro atoms. The molecule has 100 valence electrons. The number of carbonyl (C=O) groups excluding carboxylic acids is 1. The first-order valence-corrected chi connectivity index (χ1v) is 6.16. The van der Waals surface area contributed by atoms with Gasteiger partial charge >= 0.3 is 0 Å². The Bertz CT molecular complexity index is 484. The van der Waals surface area contributed by atoms with Crippen LogP contribution in [-0.4, -0.2) is 23.7 Å². The minimum Gasteiger partial charge on any atom is -0.394 e. The summed E-state index contributed by atoms with van der Waals surface area (Å²) in [7, 11) is 0. The maximum Gasteiger partial charge on any atom is 0.244 e. The molecular formula is C15H18N2O2. The monoisotopic (exact) mass is 258 g/mol. The van der Waals surface area contributed by atoms with Gasteiger partial charge in [0.05, 0.1) is 24.3 Å². The van der Waals surface area contributed by atoms with Crippen LogP contribution in [-0.2, 0) is 4.79 Å². The highest BCUT2D eigenvalue weighted by atomic mass is 16.3. The lowest BCUT2D eigenvalue weighted by molar-refractivity contribution is -0.117. The number of amides is 1. The van der Waals surface area contributed by atoms with Crippen LogP contribution in [0.5, 0.6) is 0 Å². The van der Waals surface area contributed by atoms with Gasteiger partial charge in [0, 0.05) is 6.08 Å². The van der Waals surface area contributed by atoms with Crippen molar-refractivity contribution in [3.05, 3.63) is 41.5 Å². The molecule has 0 fully saturated rings. The van der Waals surface area contributed by atoms with Gasteiger partial charge in [-0.3, -0.25) is 4.79 Å². The Balaban J connectivity index is 2.60. The SMILES string of the molecule is CC(C)[C@@H](CO)NC(=O)C=Cc1ccc(C#N)cc1. The summed E-state index contributed by atoms with van der Waals surface area (Å²) in [5.41, 5.74) is 1.43. The minimum absolute atomic E-state index is 0.0753.